The van der Waals surface area contributed by atoms with Crippen molar-refractivity contribution in [3.05, 3.63) is 0 Å². The van der Waals surface area contributed by atoms with Gasteiger partial charge < -0.3 is 37.0 Å². The molecule has 0 aliphatic heterocycles. The molecule has 5 atom stereocenters. The monoisotopic (exact) mass is 474 g/mol. The maximum atomic E-state index is 12.9. The third-order valence-corrected chi connectivity index (χ3v) is 4.86. The van der Waals surface area contributed by atoms with Crippen LogP contribution >= 0.6 is 0 Å². The molecular formula is C20H34N4O9. The molecule has 33 heavy (non-hydrogen) atoms. The Labute approximate surface area is 191 Å². The average molecular weight is 475 g/mol. The van der Waals surface area contributed by atoms with Gasteiger partial charge in [-0.1, -0.05) is 34.1 Å². The van der Waals surface area contributed by atoms with Crippen LogP contribution in [-0.4, -0.2) is 75.1 Å². The molecule has 3 amide bonds. The maximum absolute atomic E-state index is 12.9. The molecule has 0 radical (unpaired) electrons. The van der Waals surface area contributed by atoms with Gasteiger partial charge in [0, 0.05) is 0 Å². The number of carbonyl (C=O) groups is 6. The fraction of sp³-hybridized carbons (Fsp3) is 0.700. The molecule has 0 aliphatic rings. The Morgan fingerprint density at radius 1 is 0.758 bits per heavy atom. The van der Waals surface area contributed by atoms with Gasteiger partial charge in [0.05, 0.1) is 18.9 Å². The number of carbonyl (C=O) groups excluding carboxylic acids is 3. The zero-order valence-corrected chi connectivity index (χ0v) is 19.2. The molecule has 13 nitrogen and oxygen atoms in total. The minimum absolute atomic E-state index is 0.107. The summed E-state index contributed by atoms with van der Waals surface area (Å²) in [6, 6.07) is -5.42. The van der Waals surface area contributed by atoms with E-state index in [-0.39, 0.29) is 12.3 Å². The van der Waals surface area contributed by atoms with Gasteiger partial charge >= 0.3 is 17.9 Å². The van der Waals surface area contributed by atoms with Crippen molar-refractivity contribution in [1.29, 1.82) is 0 Å². The molecule has 0 rings (SSSR count). The van der Waals surface area contributed by atoms with Crippen LogP contribution in [0.25, 0.3) is 0 Å². The van der Waals surface area contributed by atoms with E-state index < -0.39 is 78.6 Å². The Morgan fingerprint density at radius 3 is 1.70 bits per heavy atom. The number of rotatable bonds is 15. The van der Waals surface area contributed by atoms with Gasteiger partial charge in [0.2, 0.25) is 17.7 Å². The van der Waals surface area contributed by atoms with Crippen LogP contribution in [0.1, 0.15) is 53.4 Å². The van der Waals surface area contributed by atoms with Crippen LogP contribution in [0.2, 0.25) is 0 Å². The van der Waals surface area contributed by atoms with Gasteiger partial charge in [0.25, 0.3) is 0 Å². The number of nitrogens with two attached hydrogens (primary N) is 1. The highest BCUT2D eigenvalue weighted by Crippen LogP contribution is 2.11. The van der Waals surface area contributed by atoms with Gasteiger partial charge in [-0.05, 0) is 18.3 Å². The molecular weight excluding hydrogens is 440 g/mol. The molecule has 0 saturated carbocycles. The Hall–Kier alpha value is -3.22. The van der Waals surface area contributed by atoms with Crippen LogP contribution in [-0.2, 0) is 28.8 Å². The standard InChI is InChI=1S/C20H34N4O9/c1-5-10(4)16(24-17(29)11(21)7-14(25)26)19(31)22-12(6-9(2)3)18(30)23-13(20(32)33)8-15(27)28/h9-13,16H,5-8,21H2,1-4H3,(H,22,31)(H,23,30)(H,24,29)(H,25,26)(H,27,28)(H,32,33). The first-order valence-corrected chi connectivity index (χ1v) is 10.5. The second kappa shape index (κ2) is 14.0. The van der Waals surface area contributed by atoms with Crippen molar-refractivity contribution in [2.24, 2.45) is 17.6 Å². The van der Waals surface area contributed by atoms with E-state index in [1.807, 2.05) is 0 Å². The summed E-state index contributed by atoms with van der Waals surface area (Å²) in [4.78, 5) is 70.8. The Morgan fingerprint density at radius 2 is 1.27 bits per heavy atom. The first-order valence-electron chi connectivity index (χ1n) is 10.5. The fourth-order valence-corrected chi connectivity index (χ4v) is 2.85. The van der Waals surface area contributed by atoms with Gasteiger partial charge in [0.15, 0.2) is 0 Å². The molecule has 5 unspecified atom stereocenters. The minimum atomic E-state index is -1.69. The zero-order valence-electron chi connectivity index (χ0n) is 19.2. The van der Waals surface area contributed by atoms with Crippen LogP contribution in [0, 0.1) is 11.8 Å². The Kier molecular flexibility index (Phi) is 12.7. The van der Waals surface area contributed by atoms with Crippen molar-refractivity contribution >= 4 is 35.6 Å². The molecule has 0 bridgehead atoms. The Bertz CT molecular complexity index is 741. The van der Waals surface area contributed by atoms with Gasteiger partial charge in [-0.15, -0.1) is 0 Å². The van der Waals surface area contributed by atoms with Crippen molar-refractivity contribution in [3.8, 4) is 0 Å². The SMILES string of the molecule is CCC(C)C(NC(=O)C(N)CC(=O)O)C(=O)NC(CC(C)C)C(=O)NC(CC(=O)O)C(=O)O. The van der Waals surface area contributed by atoms with Crippen molar-refractivity contribution in [3.63, 3.8) is 0 Å². The van der Waals surface area contributed by atoms with E-state index in [2.05, 4.69) is 16.0 Å². The van der Waals surface area contributed by atoms with E-state index in [9.17, 15) is 28.8 Å². The highest BCUT2D eigenvalue weighted by molar-refractivity contribution is 5.95. The van der Waals surface area contributed by atoms with E-state index in [1.54, 1.807) is 27.7 Å². The van der Waals surface area contributed by atoms with Crippen molar-refractivity contribution in [2.45, 2.75) is 77.5 Å². The molecule has 0 heterocycles. The van der Waals surface area contributed by atoms with Gasteiger partial charge in [-0.25, -0.2) is 4.79 Å². The molecule has 0 aromatic heterocycles. The molecule has 0 aromatic rings. The molecule has 0 aromatic carbocycles. The lowest BCUT2D eigenvalue weighted by molar-refractivity contribution is -0.147. The predicted octanol–water partition coefficient (Wildman–Crippen LogP) is -1.11. The number of carboxylic acids is 3. The topological polar surface area (TPSA) is 225 Å². The molecule has 188 valence electrons. The lowest BCUT2D eigenvalue weighted by atomic mass is 9.96. The number of aliphatic carboxylic acids is 3. The van der Waals surface area contributed by atoms with E-state index in [4.69, 9.17) is 21.1 Å². The van der Waals surface area contributed by atoms with Crippen LogP contribution in [0.5, 0.6) is 0 Å². The third-order valence-electron chi connectivity index (χ3n) is 4.86. The highest BCUT2D eigenvalue weighted by Gasteiger charge is 2.33. The summed E-state index contributed by atoms with van der Waals surface area (Å²) in [6.07, 6.45) is -0.931. The van der Waals surface area contributed by atoms with Crippen LogP contribution < -0.4 is 21.7 Å². The van der Waals surface area contributed by atoms with Crippen LogP contribution in [0.15, 0.2) is 0 Å². The third kappa shape index (κ3) is 11.3. The highest BCUT2D eigenvalue weighted by atomic mass is 16.4. The van der Waals surface area contributed by atoms with Crippen molar-refractivity contribution < 1.29 is 44.1 Å². The smallest absolute Gasteiger partial charge is 0.326 e. The molecule has 0 aliphatic carbocycles. The summed E-state index contributed by atoms with van der Waals surface area (Å²) in [5.41, 5.74) is 5.55. The maximum Gasteiger partial charge on any atom is 0.326 e. The average Bonchev–Trinajstić information content (AvgIpc) is 2.68. The first kappa shape index (κ1) is 29.8. The quantitative estimate of drug-likeness (QED) is 0.151. The van der Waals surface area contributed by atoms with Gasteiger partial charge in [0.1, 0.15) is 18.1 Å². The van der Waals surface area contributed by atoms with Crippen LogP contribution in [0.3, 0.4) is 0 Å². The number of amides is 3. The van der Waals surface area contributed by atoms with Crippen LogP contribution in [0.4, 0.5) is 0 Å². The summed E-state index contributed by atoms with van der Waals surface area (Å²) in [5, 5.41) is 33.8. The van der Waals surface area contributed by atoms with E-state index in [0.717, 1.165) is 0 Å². The largest absolute Gasteiger partial charge is 0.481 e. The first-order chi connectivity index (χ1) is 15.2. The molecule has 0 spiro atoms. The lowest BCUT2D eigenvalue weighted by Gasteiger charge is -2.28. The summed E-state index contributed by atoms with van der Waals surface area (Å²) < 4.78 is 0. The Balaban J connectivity index is 5.59. The second-order valence-corrected chi connectivity index (χ2v) is 8.26. The summed E-state index contributed by atoms with van der Waals surface area (Å²) >= 11 is 0. The second-order valence-electron chi connectivity index (χ2n) is 8.26. The molecule has 13 heteroatoms. The molecule has 0 saturated heterocycles. The number of nitrogens with one attached hydrogen (secondary N) is 3. The van der Waals surface area contributed by atoms with Crippen molar-refractivity contribution in [1.82, 2.24) is 16.0 Å². The normalized spacial score (nSPS) is 15.5. The summed E-state index contributed by atoms with van der Waals surface area (Å²) in [6.45, 7) is 6.95. The van der Waals surface area contributed by atoms with E-state index in [1.165, 1.54) is 0 Å². The van der Waals surface area contributed by atoms with E-state index >= 15 is 0 Å². The lowest BCUT2D eigenvalue weighted by Crippen LogP contribution is -2.59. The number of hydrogen-bond acceptors (Lipinski definition) is 7. The molecule has 0 fully saturated rings. The predicted molar refractivity (Wildman–Crippen MR) is 115 cm³/mol. The number of hydrogen-bond donors (Lipinski definition) is 7. The molecule has 8 N–H and O–H groups in total. The number of carboxylic acid groups (broad SMARTS) is 3. The minimum Gasteiger partial charge on any atom is -0.481 e. The zero-order chi connectivity index (χ0) is 25.9. The van der Waals surface area contributed by atoms with Crippen molar-refractivity contribution in [2.75, 3.05) is 0 Å². The fourth-order valence-electron chi connectivity index (χ4n) is 2.85. The summed E-state index contributed by atoms with van der Waals surface area (Å²) in [5.74, 6) is -7.26. The summed E-state index contributed by atoms with van der Waals surface area (Å²) in [7, 11) is 0. The van der Waals surface area contributed by atoms with E-state index in [0.29, 0.717) is 6.42 Å². The van der Waals surface area contributed by atoms with Gasteiger partial charge in [-0.3, -0.25) is 24.0 Å². The van der Waals surface area contributed by atoms with Gasteiger partial charge in [-0.2, -0.15) is 0 Å².